The van der Waals surface area contributed by atoms with Crippen LogP contribution in [0.25, 0.3) is 0 Å². The van der Waals surface area contributed by atoms with Crippen molar-refractivity contribution in [2.45, 2.75) is 26.8 Å². The Kier molecular flexibility index (Phi) is 4.03. The first kappa shape index (κ1) is 15.5. The Balaban J connectivity index is 2.01. The summed E-state index contributed by atoms with van der Waals surface area (Å²) in [5.74, 6) is 3.12. The molecule has 122 valence electrons. The van der Waals surface area contributed by atoms with Crippen LogP contribution in [-0.2, 0) is 13.6 Å². The minimum absolute atomic E-state index is 0.554. The highest BCUT2D eigenvalue weighted by molar-refractivity contribution is 5.68. The number of nitrogen functional groups attached to an aromatic ring is 1. The lowest BCUT2D eigenvalue weighted by Gasteiger charge is -2.37. The van der Waals surface area contributed by atoms with Crippen LogP contribution in [-0.4, -0.2) is 27.2 Å². The third-order valence-corrected chi connectivity index (χ3v) is 4.60. The third kappa shape index (κ3) is 2.91. The molecule has 6 nitrogen and oxygen atoms in total. The summed E-state index contributed by atoms with van der Waals surface area (Å²) < 4.78 is 3.98. The van der Waals surface area contributed by atoms with Gasteiger partial charge in [-0.15, -0.1) is 0 Å². The normalized spacial score (nSPS) is 21.4. The van der Waals surface area contributed by atoms with Crippen molar-refractivity contribution in [3.05, 3.63) is 30.0 Å². The maximum Gasteiger partial charge on any atom is 0.133 e. The van der Waals surface area contributed by atoms with E-state index in [1.165, 1.54) is 6.42 Å². The van der Waals surface area contributed by atoms with Gasteiger partial charge in [0.1, 0.15) is 23.4 Å². The van der Waals surface area contributed by atoms with E-state index in [0.717, 1.165) is 24.7 Å². The van der Waals surface area contributed by atoms with Crippen LogP contribution in [0.2, 0.25) is 0 Å². The number of piperidine rings is 1. The number of aromatic nitrogens is 3. The molecule has 0 radical (unpaired) electrons. The fraction of sp³-hybridized carbons (Fsp3) is 0.529. The average Bonchev–Trinajstić information content (AvgIpc) is 3.02. The zero-order chi connectivity index (χ0) is 16.6. The molecule has 2 atom stereocenters. The van der Waals surface area contributed by atoms with Gasteiger partial charge in [-0.25, -0.2) is 4.98 Å². The molecule has 1 fully saturated rings. The minimum Gasteiger partial charge on any atom is -0.396 e. The van der Waals surface area contributed by atoms with Gasteiger partial charge in [-0.2, -0.15) is 5.26 Å². The van der Waals surface area contributed by atoms with Crippen LogP contribution in [0.15, 0.2) is 18.5 Å². The Bertz CT molecular complexity index is 725. The second-order valence-electron chi connectivity index (χ2n) is 6.81. The highest BCUT2D eigenvalue weighted by Gasteiger charge is 2.27. The number of hydrogen-bond acceptors (Lipinski definition) is 4. The van der Waals surface area contributed by atoms with E-state index in [1.807, 2.05) is 22.4 Å². The molecule has 3 rings (SSSR count). The topological polar surface area (TPSA) is 75.8 Å². The molecule has 0 aliphatic carbocycles. The van der Waals surface area contributed by atoms with Crippen LogP contribution in [0.4, 0.5) is 11.5 Å². The number of nitriles is 1. The molecule has 0 bridgehead atoms. The number of nitrogens with zero attached hydrogens (tertiary/aromatic N) is 5. The van der Waals surface area contributed by atoms with Crippen LogP contribution >= 0.6 is 0 Å². The molecule has 2 N–H and O–H groups in total. The van der Waals surface area contributed by atoms with E-state index in [2.05, 4.69) is 29.8 Å². The van der Waals surface area contributed by atoms with Crippen LogP contribution in [0, 0.1) is 23.2 Å². The van der Waals surface area contributed by atoms with Crippen molar-refractivity contribution in [2.24, 2.45) is 18.9 Å². The molecular formula is C17H24N6. The van der Waals surface area contributed by atoms with Gasteiger partial charge in [-0.05, 0) is 24.3 Å². The lowest BCUT2D eigenvalue weighted by atomic mass is 9.92. The van der Waals surface area contributed by atoms with Gasteiger partial charge in [0.05, 0.1) is 12.2 Å². The van der Waals surface area contributed by atoms with Gasteiger partial charge < -0.3 is 19.8 Å². The highest BCUT2D eigenvalue weighted by Crippen LogP contribution is 2.33. The van der Waals surface area contributed by atoms with E-state index in [1.54, 1.807) is 12.3 Å². The number of imidazole rings is 1. The monoisotopic (exact) mass is 312 g/mol. The van der Waals surface area contributed by atoms with Crippen molar-refractivity contribution in [1.29, 1.82) is 5.26 Å². The van der Waals surface area contributed by atoms with Gasteiger partial charge in [-0.3, -0.25) is 0 Å². The molecule has 3 heterocycles. The molecule has 0 aromatic carbocycles. The van der Waals surface area contributed by atoms with Crippen LogP contribution in [0.1, 0.15) is 31.8 Å². The minimum atomic E-state index is 0.554. The van der Waals surface area contributed by atoms with Gasteiger partial charge in [0.15, 0.2) is 0 Å². The van der Waals surface area contributed by atoms with Gasteiger partial charge in [0, 0.05) is 32.5 Å². The molecule has 23 heavy (non-hydrogen) atoms. The average molecular weight is 312 g/mol. The van der Waals surface area contributed by atoms with Crippen molar-refractivity contribution in [3.63, 3.8) is 0 Å². The zero-order valence-electron chi connectivity index (χ0n) is 14.0. The molecule has 1 saturated heterocycles. The maximum absolute atomic E-state index is 9.48. The van der Waals surface area contributed by atoms with Crippen molar-refractivity contribution < 1.29 is 0 Å². The van der Waals surface area contributed by atoms with Gasteiger partial charge in [-0.1, -0.05) is 13.8 Å². The van der Waals surface area contributed by atoms with Crippen molar-refractivity contribution >= 4 is 11.5 Å². The Morgan fingerprint density at radius 1 is 1.35 bits per heavy atom. The molecule has 0 spiro atoms. The number of hydrogen-bond donors (Lipinski definition) is 1. The van der Waals surface area contributed by atoms with E-state index in [-0.39, 0.29) is 0 Å². The zero-order valence-corrected chi connectivity index (χ0v) is 14.0. The number of anilines is 2. The van der Waals surface area contributed by atoms with Crippen molar-refractivity contribution in [2.75, 3.05) is 23.7 Å². The summed E-state index contributed by atoms with van der Waals surface area (Å²) in [6, 6.07) is 4.05. The van der Waals surface area contributed by atoms with Gasteiger partial charge in [0.25, 0.3) is 0 Å². The predicted octanol–water partition coefficient (Wildman–Crippen LogP) is 2.21. The van der Waals surface area contributed by atoms with E-state index in [9.17, 15) is 5.26 Å². The second-order valence-corrected chi connectivity index (χ2v) is 6.81. The number of aryl methyl sites for hydroxylation is 1. The molecule has 2 aromatic heterocycles. The summed E-state index contributed by atoms with van der Waals surface area (Å²) in [6.45, 7) is 7.05. The molecule has 0 saturated carbocycles. The van der Waals surface area contributed by atoms with Crippen LogP contribution < -0.4 is 10.6 Å². The predicted molar refractivity (Wildman–Crippen MR) is 91.0 cm³/mol. The quantitative estimate of drug-likeness (QED) is 0.942. The summed E-state index contributed by atoms with van der Waals surface area (Å²) in [5.41, 5.74) is 7.53. The fourth-order valence-corrected chi connectivity index (χ4v) is 3.69. The summed E-state index contributed by atoms with van der Waals surface area (Å²) in [6.07, 6.45) is 4.93. The highest BCUT2D eigenvalue weighted by atomic mass is 15.3. The Labute approximate surface area is 137 Å². The van der Waals surface area contributed by atoms with Crippen molar-refractivity contribution in [1.82, 2.24) is 14.1 Å². The van der Waals surface area contributed by atoms with E-state index < -0.39 is 0 Å². The SMILES string of the molecule is C[C@@H]1C[C@H](C)CN(c2c(N)cc(C#N)n2Cc2nccn2C)C1. The smallest absolute Gasteiger partial charge is 0.133 e. The first-order valence-electron chi connectivity index (χ1n) is 8.09. The molecular weight excluding hydrogens is 288 g/mol. The Morgan fingerprint density at radius 2 is 2.04 bits per heavy atom. The molecule has 0 unspecified atom stereocenters. The van der Waals surface area contributed by atoms with E-state index in [0.29, 0.717) is 29.8 Å². The fourth-order valence-electron chi connectivity index (χ4n) is 3.69. The summed E-state index contributed by atoms with van der Waals surface area (Å²) >= 11 is 0. The first-order valence-corrected chi connectivity index (χ1v) is 8.09. The second kappa shape index (κ2) is 5.99. The standard InChI is InChI=1S/C17H24N6/c1-12-6-13(2)10-22(9-12)17-15(19)7-14(8-18)23(17)11-16-20-4-5-21(16)3/h4-5,7,12-13H,6,9-11,19H2,1-3H3/t12-,13+. The molecule has 1 aliphatic rings. The Morgan fingerprint density at radius 3 is 2.61 bits per heavy atom. The molecule has 6 heteroatoms. The number of nitrogens with two attached hydrogens (primary N) is 1. The van der Waals surface area contributed by atoms with Gasteiger partial charge in [0.2, 0.25) is 0 Å². The van der Waals surface area contributed by atoms with E-state index in [4.69, 9.17) is 5.73 Å². The lowest BCUT2D eigenvalue weighted by molar-refractivity contribution is 0.353. The first-order chi connectivity index (χ1) is 11.0. The van der Waals surface area contributed by atoms with E-state index >= 15 is 0 Å². The third-order valence-electron chi connectivity index (χ3n) is 4.60. The van der Waals surface area contributed by atoms with Crippen LogP contribution in [0.5, 0.6) is 0 Å². The molecule has 0 amide bonds. The summed E-state index contributed by atoms with van der Waals surface area (Å²) in [5, 5.41) is 9.48. The van der Waals surface area contributed by atoms with Crippen molar-refractivity contribution in [3.8, 4) is 6.07 Å². The van der Waals surface area contributed by atoms with Gasteiger partial charge >= 0.3 is 0 Å². The maximum atomic E-state index is 9.48. The number of rotatable bonds is 3. The van der Waals surface area contributed by atoms with Crippen LogP contribution in [0.3, 0.4) is 0 Å². The summed E-state index contributed by atoms with van der Waals surface area (Å²) in [7, 11) is 1.96. The summed E-state index contributed by atoms with van der Waals surface area (Å²) in [4.78, 5) is 6.72. The molecule has 2 aromatic rings. The molecule has 1 aliphatic heterocycles. The largest absolute Gasteiger partial charge is 0.396 e. The lowest BCUT2D eigenvalue weighted by Crippen LogP contribution is -2.40. The Hall–Kier alpha value is -2.42.